The Balaban J connectivity index is 1.62. The number of nitrogens with zero attached hydrogens (tertiary/aromatic N) is 1. The number of amides is 2. The number of carbonyl (C=O) groups is 2. The first-order valence-electron chi connectivity index (χ1n) is 9.20. The second kappa shape index (κ2) is 10.0. The molecule has 152 valence electrons. The zero-order valence-electron chi connectivity index (χ0n) is 16.3. The van der Waals surface area contributed by atoms with Gasteiger partial charge in [0.05, 0.1) is 0 Å². The molecule has 0 unspecified atom stereocenters. The summed E-state index contributed by atoms with van der Waals surface area (Å²) >= 11 is 11.1. The molecule has 0 atom stereocenters. The van der Waals surface area contributed by atoms with E-state index in [1.54, 1.807) is 60.5 Å². The van der Waals surface area contributed by atoms with Crippen LogP contribution in [0.15, 0.2) is 78.9 Å². The van der Waals surface area contributed by atoms with Gasteiger partial charge in [0.2, 0.25) is 0 Å². The predicted octanol–water partition coefficient (Wildman–Crippen LogP) is 4.74. The lowest BCUT2D eigenvalue weighted by Crippen LogP contribution is -2.34. The minimum atomic E-state index is -0.371. The van der Waals surface area contributed by atoms with Gasteiger partial charge in [-0.25, -0.2) is 0 Å². The smallest absolute Gasteiger partial charge is 0.257 e. The van der Waals surface area contributed by atoms with E-state index in [0.29, 0.717) is 28.4 Å². The Morgan fingerprint density at radius 1 is 0.933 bits per heavy atom. The van der Waals surface area contributed by atoms with Gasteiger partial charge < -0.3 is 10.2 Å². The molecule has 3 rings (SSSR count). The highest BCUT2D eigenvalue weighted by molar-refractivity contribution is 7.80. The summed E-state index contributed by atoms with van der Waals surface area (Å²) in [6, 6.07) is 23.3. The van der Waals surface area contributed by atoms with E-state index in [2.05, 4.69) is 10.6 Å². The fourth-order valence-electron chi connectivity index (χ4n) is 2.85. The second-order valence-corrected chi connectivity index (χ2v) is 7.49. The van der Waals surface area contributed by atoms with Crippen LogP contribution in [0.25, 0.3) is 0 Å². The van der Waals surface area contributed by atoms with Crippen LogP contribution < -0.4 is 10.6 Å². The van der Waals surface area contributed by atoms with Gasteiger partial charge in [-0.1, -0.05) is 54.1 Å². The van der Waals surface area contributed by atoms with E-state index in [-0.39, 0.29) is 16.9 Å². The monoisotopic (exact) mass is 437 g/mol. The van der Waals surface area contributed by atoms with Crippen molar-refractivity contribution in [2.45, 2.75) is 6.54 Å². The molecule has 0 heterocycles. The zero-order valence-corrected chi connectivity index (χ0v) is 17.8. The van der Waals surface area contributed by atoms with Crippen molar-refractivity contribution < 1.29 is 9.59 Å². The fourth-order valence-corrected chi connectivity index (χ4v) is 3.25. The van der Waals surface area contributed by atoms with Gasteiger partial charge in [0.1, 0.15) is 0 Å². The standard InChI is InChI=1S/C23H20ClN3O2S/c1-27(15-16-7-3-2-4-8-16)22(29)18-10-6-12-20(14-18)25-23(30)26-21(28)17-9-5-11-19(24)13-17/h2-14H,15H2,1H3,(H2,25,26,28,30). The molecular weight excluding hydrogens is 418 g/mol. The maximum absolute atomic E-state index is 12.8. The van der Waals surface area contributed by atoms with E-state index < -0.39 is 0 Å². The largest absolute Gasteiger partial charge is 0.337 e. The number of hydrogen-bond acceptors (Lipinski definition) is 3. The number of thiocarbonyl (C=S) groups is 1. The Morgan fingerprint density at radius 3 is 2.37 bits per heavy atom. The lowest BCUT2D eigenvalue weighted by Gasteiger charge is -2.18. The molecule has 7 heteroatoms. The maximum Gasteiger partial charge on any atom is 0.257 e. The molecular formula is C23H20ClN3O2S. The van der Waals surface area contributed by atoms with Crippen LogP contribution in [0.3, 0.4) is 0 Å². The Hall–Kier alpha value is -3.22. The van der Waals surface area contributed by atoms with E-state index in [1.807, 2.05) is 30.3 Å². The summed E-state index contributed by atoms with van der Waals surface area (Å²) in [5.74, 6) is -0.485. The Labute approximate surface area is 185 Å². The molecule has 0 aromatic heterocycles. The van der Waals surface area contributed by atoms with E-state index in [4.69, 9.17) is 23.8 Å². The molecule has 0 aliphatic carbocycles. The number of benzene rings is 3. The minimum Gasteiger partial charge on any atom is -0.337 e. The van der Waals surface area contributed by atoms with Crippen LogP contribution in [0.2, 0.25) is 5.02 Å². The molecule has 0 aliphatic heterocycles. The Kier molecular flexibility index (Phi) is 7.17. The summed E-state index contributed by atoms with van der Waals surface area (Å²) in [5.41, 5.74) is 2.57. The van der Waals surface area contributed by atoms with Crippen molar-refractivity contribution in [1.82, 2.24) is 10.2 Å². The zero-order chi connectivity index (χ0) is 21.5. The molecule has 2 N–H and O–H groups in total. The number of nitrogens with one attached hydrogen (secondary N) is 2. The van der Waals surface area contributed by atoms with Gasteiger partial charge in [-0.15, -0.1) is 0 Å². The van der Waals surface area contributed by atoms with E-state index in [1.165, 1.54) is 0 Å². The Morgan fingerprint density at radius 2 is 1.63 bits per heavy atom. The van der Waals surface area contributed by atoms with Crippen molar-refractivity contribution >= 4 is 46.4 Å². The molecule has 0 fully saturated rings. The number of anilines is 1. The Bertz CT molecular complexity index is 1070. The first-order chi connectivity index (χ1) is 14.4. The molecule has 5 nitrogen and oxygen atoms in total. The summed E-state index contributed by atoms with van der Waals surface area (Å²) in [5, 5.41) is 6.13. The molecule has 0 radical (unpaired) electrons. The van der Waals surface area contributed by atoms with Crippen molar-refractivity contribution in [2.24, 2.45) is 0 Å². The van der Waals surface area contributed by atoms with Crippen LogP contribution in [0, 0.1) is 0 Å². The van der Waals surface area contributed by atoms with E-state index >= 15 is 0 Å². The third-order valence-electron chi connectivity index (χ3n) is 4.29. The minimum absolute atomic E-state index is 0.114. The maximum atomic E-state index is 12.8. The van der Waals surface area contributed by atoms with Gasteiger partial charge in [-0.2, -0.15) is 0 Å². The van der Waals surface area contributed by atoms with Crippen LogP contribution in [0.1, 0.15) is 26.3 Å². The third-order valence-corrected chi connectivity index (χ3v) is 4.73. The van der Waals surface area contributed by atoms with Crippen molar-refractivity contribution in [3.05, 3.63) is 101 Å². The molecule has 3 aromatic carbocycles. The van der Waals surface area contributed by atoms with Crippen LogP contribution in [0.5, 0.6) is 0 Å². The lowest BCUT2D eigenvalue weighted by molar-refractivity contribution is 0.0785. The van der Waals surface area contributed by atoms with Gasteiger partial charge in [0.15, 0.2) is 5.11 Å². The van der Waals surface area contributed by atoms with Crippen LogP contribution in [-0.2, 0) is 6.54 Å². The number of rotatable bonds is 5. The molecule has 0 spiro atoms. The summed E-state index contributed by atoms with van der Waals surface area (Å²) in [6.45, 7) is 0.505. The fraction of sp³-hybridized carbons (Fsp3) is 0.0870. The van der Waals surface area contributed by atoms with Crippen molar-refractivity contribution in [3.8, 4) is 0 Å². The van der Waals surface area contributed by atoms with Crippen molar-refractivity contribution in [1.29, 1.82) is 0 Å². The molecule has 0 aliphatic rings. The predicted molar refractivity (Wildman–Crippen MR) is 124 cm³/mol. The molecule has 0 saturated carbocycles. The summed E-state index contributed by atoms with van der Waals surface area (Å²) in [4.78, 5) is 26.7. The highest BCUT2D eigenvalue weighted by Crippen LogP contribution is 2.14. The van der Waals surface area contributed by atoms with Crippen molar-refractivity contribution in [2.75, 3.05) is 12.4 Å². The molecule has 3 aromatic rings. The van der Waals surface area contributed by atoms with Crippen LogP contribution >= 0.6 is 23.8 Å². The average Bonchev–Trinajstić information content (AvgIpc) is 2.74. The number of carbonyl (C=O) groups excluding carboxylic acids is 2. The highest BCUT2D eigenvalue weighted by Gasteiger charge is 2.13. The van der Waals surface area contributed by atoms with Crippen LogP contribution in [0.4, 0.5) is 5.69 Å². The van der Waals surface area contributed by atoms with E-state index in [9.17, 15) is 9.59 Å². The lowest BCUT2D eigenvalue weighted by atomic mass is 10.1. The highest BCUT2D eigenvalue weighted by atomic mass is 35.5. The molecule has 0 saturated heterocycles. The average molecular weight is 438 g/mol. The summed E-state index contributed by atoms with van der Waals surface area (Å²) < 4.78 is 0. The molecule has 2 amide bonds. The third kappa shape index (κ3) is 5.89. The van der Waals surface area contributed by atoms with Gasteiger partial charge in [0.25, 0.3) is 11.8 Å². The first kappa shape index (κ1) is 21.5. The first-order valence-corrected chi connectivity index (χ1v) is 9.98. The second-order valence-electron chi connectivity index (χ2n) is 6.65. The number of halogens is 1. The van der Waals surface area contributed by atoms with Crippen molar-refractivity contribution in [3.63, 3.8) is 0 Å². The SMILES string of the molecule is CN(Cc1ccccc1)C(=O)c1cccc(NC(=S)NC(=O)c2cccc(Cl)c2)c1. The normalized spacial score (nSPS) is 10.2. The molecule has 30 heavy (non-hydrogen) atoms. The molecule has 0 bridgehead atoms. The van der Waals surface area contributed by atoms with Gasteiger partial charge in [0, 0.05) is 35.4 Å². The summed E-state index contributed by atoms with van der Waals surface area (Å²) in [6.07, 6.45) is 0. The summed E-state index contributed by atoms with van der Waals surface area (Å²) in [7, 11) is 1.76. The van der Waals surface area contributed by atoms with Gasteiger partial charge in [-0.3, -0.25) is 14.9 Å². The van der Waals surface area contributed by atoms with Crippen LogP contribution in [-0.4, -0.2) is 28.9 Å². The topological polar surface area (TPSA) is 61.4 Å². The van der Waals surface area contributed by atoms with Gasteiger partial charge in [-0.05, 0) is 54.2 Å². The number of hydrogen-bond donors (Lipinski definition) is 2. The quantitative estimate of drug-likeness (QED) is 0.566. The van der Waals surface area contributed by atoms with E-state index in [0.717, 1.165) is 5.56 Å². The van der Waals surface area contributed by atoms with Gasteiger partial charge >= 0.3 is 0 Å².